The van der Waals surface area contributed by atoms with Gasteiger partial charge in [0.25, 0.3) is 0 Å². The molecule has 4 nitrogen and oxygen atoms in total. The van der Waals surface area contributed by atoms with Gasteiger partial charge in [0.1, 0.15) is 10.7 Å². The van der Waals surface area contributed by atoms with Gasteiger partial charge in [0.05, 0.1) is 5.02 Å². The SMILES string of the molecule is NCCCCNS(=O)(=O)c1cc(Cl)c(Br)cc1F. The molecular formula is C10H13BrClFN2O2S. The molecule has 1 aromatic rings. The van der Waals surface area contributed by atoms with Gasteiger partial charge in [0.2, 0.25) is 10.0 Å². The molecule has 8 heteroatoms. The summed E-state index contributed by atoms with van der Waals surface area (Å²) in [5.74, 6) is -0.849. The molecule has 0 unspecified atom stereocenters. The minimum Gasteiger partial charge on any atom is -0.330 e. The van der Waals surface area contributed by atoms with E-state index in [1.807, 2.05) is 0 Å². The minimum absolute atomic E-state index is 0.138. The molecule has 0 saturated heterocycles. The van der Waals surface area contributed by atoms with Gasteiger partial charge in [-0.2, -0.15) is 0 Å². The number of halogens is 3. The van der Waals surface area contributed by atoms with Crippen molar-refractivity contribution >= 4 is 37.6 Å². The number of rotatable bonds is 6. The molecule has 0 fully saturated rings. The Morgan fingerprint density at radius 3 is 2.67 bits per heavy atom. The van der Waals surface area contributed by atoms with Crippen molar-refractivity contribution in [1.82, 2.24) is 4.72 Å². The van der Waals surface area contributed by atoms with Crippen LogP contribution in [0.25, 0.3) is 0 Å². The van der Waals surface area contributed by atoms with Crippen LogP contribution < -0.4 is 10.5 Å². The lowest BCUT2D eigenvalue weighted by atomic mass is 10.3. The van der Waals surface area contributed by atoms with E-state index in [2.05, 4.69) is 20.7 Å². The molecule has 0 radical (unpaired) electrons. The van der Waals surface area contributed by atoms with Crippen LogP contribution in [0.4, 0.5) is 4.39 Å². The molecule has 0 aromatic heterocycles. The summed E-state index contributed by atoms with van der Waals surface area (Å²) in [7, 11) is -3.88. The number of nitrogens with two attached hydrogens (primary N) is 1. The maximum atomic E-state index is 13.6. The predicted octanol–water partition coefficient (Wildman–Crippen LogP) is 2.26. The van der Waals surface area contributed by atoms with Crippen molar-refractivity contribution in [3.63, 3.8) is 0 Å². The van der Waals surface area contributed by atoms with E-state index in [-0.39, 0.29) is 11.6 Å². The van der Waals surface area contributed by atoms with Crippen LogP contribution in [0.1, 0.15) is 12.8 Å². The monoisotopic (exact) mass is 358 g/mol. The highest BCUT2D eigenvalue weighted by Gasteiger charge is 2.20. The average molecular weight is 360 g/mol. The highest BCUT2D eigenvalue weighted by atomic mass is 79.9. The van der Waals surface area contributed by atoms with Crippen LogP contribution in [0.2, 0.25) is 5.02 Å². The largest absolute Gasteiger partial charge is 0.330 e. The fourth-order valence-electron chi connectivity index (χ4n) is 1.26. The van der Waals surface area contributed by atoms with Gasteiger partial charge < -0.3 is 5.73 Å². The molecule has 1 aromatic carbocycles. The third-order valence-electron chi connectivity index (χ3n) is 2.19. The molecule has 0 aliphatic carbocycles. The van der Waals surface area contributed by atoms with Gasteiger partial charge in [-0.05, 0) is 47.4 Å². The predicted molar refractivity (Wildman–Crippen MR) is 72.6 cm³/mol. The van der Waals surface area contributed by atoms with Gasteiger partial charge in [-0.25, -0.2) is 17.5 Å². The molecule has 0 heterocycles. The van der Waals surface area contributed by atoms with E-state index in [9.17, 15) is 12.8 Å². The number of hydrogen-bond donors (Lipinski definition) is 2. The van der Waals surface area contributed by atoms with Gasteiger partial charge >= 0.3 is 0 Å². The van der Waals surface area contributed by atoms with Crippen LogP contribution in [0.3, 0.4) is 0 Å². The lowest BCUT2D eigenvalue weighted by molar-refractivity contribution is 0.554. The Hall–Kier alpha value is -0.210. The molecule has 1 rings (SSSR count). The molecule has 0 amide bonds. The molecule has 0 aliphatic rings. The van der Waals surface area contributed by atoms with Gasteiger partial charge in [-0.1, -0.05) is 11.6 Å². The number of unbranched alkanes of at least 4 members (excludes halogenated alkanes) is 1. The summed E-state index contributed by atoms with van der Waals surface area (Å²) in [6.45, 7) is 0.701. The summed E-state index contributed by atoms with van der Waals surface area (Å²) in [5.41, 5.74) is 5.29. The lowest BCUT2D eigenvalue weighted by Crippen LogP contribution is -2.26. The van der Waals surface area contributed by atoms with Crippen molar-refractivity contribution in [3.8, 4) is 0 Å². The van der Waals surface area contributed by atoms with Crippen molar-refractivity contribution in [1.29, 1.82) is 0 Å². The third-order valence-corrected chi connectivity index (χ3v) is 4.86. The van der Waals surface area contributed by atoms with Gasteiger partial charge in [-0.3, -0.25) is 0 Å². The van der Waals surface area contributed by atoms with E-state index in [0.717, 1.165) is 12.1 Å². The molecule has 0 aliphatic heterocycles. The zero-order valence-electron chi connectivity index (χ0n) is 9.42. The maximum absolute atomic E-state index is 13.6. The first-order valence-corrected chi connectivity index (χ1v) is 7.88. The van der Waals surface area contributed by atoms with Crippen LogP contribution in [0.15, 0.2) is 21.5 Å². The summed E-state index contributed by atoms with van der Waals surface area (Å²) in [4.78, 5) is -0.455. The van der Waals surface area contributed by atoms with Crippen molar-refractivity contribution in [3.05, 3.63) is 27.4 Å². The topological polar surface area (TPSA) is 72.2 Å². The number of benzene rings is 1. The van der Waals surface area contributed by atoms with Gasteiger partial charge in [0.15, 0.2) is 0 Å². The standard InChI is InChI=1S/C10H13BrClFN2O2S/c11-7-5-9(13)10(6-8(7)12)18(16,17)15-4-2-1-3-14/h5-6,15H,1-4,14H2. The van der Waals surface area contributed by atoms with Crippen molar-refractivity contribution < 1.29 is 12.8 Å². The molecule has 0 atom stereocenters. The van der Waals surface area contributed by atoms with E-state index in [0.29, 0.717) is 23.9 Å². The van der Waals surface area contributed by atoms with Gasteiger partial charge in [0, 0.05) is 11.0 Å². The molecule has 0 bridgehead atoms. The van der Waals surface area contributed by atoms with Crippen LogP contribution in [0.5, 0.6) is 0 Å². The summed E-state index contributed by atoms with van der Waals surface area (Å²) >= 11 is 8.77. The maximum Gasteiger partial charge on any atom is 0.243 e. The fraction of sp³-hybridized carbons (Fsp3) is 0.400. The molecule has 0 spiro atoms. The zero-order chi connectivity index (χ0) is 13.8. The highest BCUT2D eigenvalue weighted by molar-refractivity contribution is 9.10. The quantitative estimate of drug-likeness (QED) is 0.604. The Kier molecular flexibility index (Phi) is 6.00. The first-order valence-electron chi connectivity index (χ1n) is 5.23. The zero-order valence-corrected chi connectivity index (χ0v) is 12.6. The molecular weight excluding hydrogens is 347 g/mol. The smallest absolute Gasteiger partial charge is 0.243 e. The van der Waals surface area contributed by atoms with Crippen LogP contribution in [-0.4, -0.2) is 21.5 Å². The Morgan fingerprint density at radius 2 is 2.06 bits per heavy atom. The van der Waals surface area contributed by atoms with Crippen molar-refractivity contribution in [2.24, 2.45) is 5.73 Å². The number of nitrogens with one attached hydrogen (secondary N) is 1. The third kappa shape index (κ3) is 4.17. The summed E-state index contributed by atoms with van der Waals surface area (Å²) in [6, 6.07) is 2.10. The summed E-state index contributed by atoms with van der Waals surface area (Å²) in [5, 5.41) is 0.138. The molecule has 102 valence electrons. The molecule has 18 heavy (non-hydrogen) atoms. The lowest BCUT2D eigenvalue weighted by Gasteiger charge is -2.08. The molecule has 3 N–H and O–H groups in total. The van der Waals surface area contributed by atoms with Crippen molar-refractivity contribution in [2.45, 2.75) is 17.7 Å². The van der Waals surface area contributed by atoms with E-state index in [1.54, 1.807) is 0 Å². The number of hydrogen-bond acceptors (Lipinski definition) is 3. The normalized spacial score (nSPS) is 11.8. The fourth-order valence-corrected chi connectivity index (χ4v) is 2.96. The second-order valence-corrected chi connectivity index (χ2v) is 6.59. The van der Waals surface area contributed by atoms with Gasteiger partial charge in [-0.15, -0.1) is 0 Å². The summed E-state index contributed by atoms with van der Waals surface area (Å²) < 4.78 is 39.8. The van der Waals surface area contributed by atoms with Crippen LogP contribution >= 0.6 is 27.5 Å². The Balaban J connectivity index is 2.88. The second kappa shape index (κ2) is 6.81. The molecule has 0 saturated carbocycles. The first-order chi connectivity index (χ1) is 8.38. The number of sulfonamides is 1. The highest BCUT2D eigenvalue weighted by Crippen LogP contribution is 2.27. The van der Waals surface area contributed by atoms with E-state index in [1.165, 1.54) is 0 Å². The van der Waals surface area contributed by atoms with E-state index in [4.69, 9.17) is 17.3 Å². The van der Waals surface area contributed by atoms with E-state index < -0.39 is 20.7 Å². The Labute approximate surface area is 119 Å². The second-order valence-electron chi connectivity index (χ2n) is 3.59. The summed E-state index contributed by atoms with van der Waals surface area (Å²) in [6.07, 6.45) is 1.30. The average Bonchev–Trinajstić information content (AvgIpc) is 2.29. The minimum atomic E-state index is -3.88. The van der Waals surface area contributed by atoms with Crippen LogP contribution in [0, 0.1) is 5.82 Å². The Morgan fingerprint density at radius 1 is 1.39 bits per heavy atom. The van der Waals surface area contributed by atoms with Crippen molar-refractivity contribution in [2.75, 3.05) is 13.1 Å². The van der Waals surface area contributed by atoms with Crippen LogP contribution in [-0.2, 0) is 10.0 Å². The van der Waals surface area contributed by atoms with E-state index >= 15 is 0 Å². The Bertz CT molecular complexity index is 525. The first kappa shape index (κ1) is 15.8.